The van der Waals surface area contributed by atoms with Crippen molar-refractivity contribution in [3.63, 3.8) is 0 Å². The van der Waals surface area contributed by atoms with Crippen LogP contribution in [0.1, 0.15) is 19.3 Å². The van der Waals surface area contributed by atoms with Crippen LogP contribution in [-0.2, 0) is 14.3 Å². The molecule has 0 aromatic heterocycles. The van der Waals surface area contributed by atoms with E-state index in [1.165, 1.54) is 18.2 Å². The van der Waals surface area contributed by atoms with Crippen LogP contribution < -0.4 is 4.74 Å². The fourth-order valence-corrected chi connectivity index (χ4v) is 3.73. The lowest BCUT2D eigenvalue weighted by molar-refractivity contribution is -0.153. The van der Waals surface area contributed by atoms with Crippen molar-refractivity contribution >= 4 is 11.9 Å². The van der Waals surface area contributed by atoms with E-state index in [0.29, 0.717) is 38.1 Å². The van der Waals surface area contributed by atoms with Crippen molar-refractivity contribution in [2.24, 2.45) is 5.41 Å². The van der Waals surface area contributed by atoms with Gasteiger partial charge in [-0.3, -0.25) is 9.59 Å². The Balaban J connectivity index is 1.50. The molecule has 1 atom stereocenters. The normalized spacial score (nSPS) is 21.9. The highest BCUT2D eigenvalue weighted by atomic mass is 19.1. The molecule has 142 valence electrons. The minimum Gasteiger partial charge on any atom is -0.484 e. The molecule has 1 aromatic rings. The van der Waals surface area contributed by atoms with E-state index < -0.39 is 11.2 Å². The summed E-state index contributed by atoms with van der Waals surface area (Å²) in [6.45, 7) is 1.60. The number of amides is 1. The molecule has 6 nitrogen and oxygen atoms in total. The summed E-state index contributed by atoms with van der Waals surface area (Å²) in [5.74, 6) is -0.354. The van der Waals surface area contributed by atoms with Crippen LogP contribution in [0.3, 0.4) is 0 Å². The molecule has 1 amide bonds. The summed E-state index contributed by atoms with van der Waals surface area (Å²) >= 11 is 0. The number of hydrogen-bond donors (Lipinski definition) is 0. The van der Waals surface area contributed by atoms with Gasteiger partial charge in [0.25, 0.3) is 5.91 Å². The molecular weight excluding hydrogens is 339 g/mol. The summed E-state index contributed by atoms with van der Waals surface area (Å²) in [6.07, 6.45) is 1.87. The lowest BCUT2D eigenvalue weighted by Crippen LogP contribution is -2.46. The van der Waals surface area contributed by atoms with Gasteiger partial charge in [0.05, 0.1) is 5.41 Å². The zero-order chi connectivity index (χ0) is 18.7. The van der Waals surface area contributed by atoms with Crippen molar-refractivity contribution in [1.82, 2.24) is 9.80 Å². The number of cyclic esters (lactones) is 1. The lowest BCUT2D eigenvalue weighted by Gasteiger charge is -2.36. The van der Waals surface area contributed by atoms with Gasteiger partial charge in [-0.15, -0.1) is 0 Å². The molecule has 0 bridgehead atoms. The van der Waals surface area contributed by atoms with Gasteiger partial charge in [-0.1, -0.05) is 6.07 Å². The molecule has 0 aliphatic carbocycles. The first-order chi connectivity index (χ1) is 12.4. The number of nitrogens with zero attached hydrogens (tertiary/aromatic N) is 2. The second-order valence-corrected chi connectivity index (χ2v) is 7.40. The number of halogens is 1. The van der Waals surface area contributed by atoms with Gasteiger partial charge >= 0.3 is 5.97 Å². The first kappa shape index (κ1) is 18.6. The van der Waals surface area contributed by atoms with Crippen molar-refractivity contribution in [3.05, 3.63) is 30.1 Å². The number of esters is 1. The highest BCUT2D eigenvalue weighted by Gasteiger charge is 2.50. The third-order valence-electron chi connectivity index (χ3n) is 5.13. The van der Waals surface area contributed by atoms with Gasteiger partial charge in [-0.25, -0.2) is 4.39 Å². The van der Waals surface area contributed by atoms with E-state index >= 15 is 0 Å². The first-order valence-corrected chi connectivity index (χ1v) is 8.90. The molecule has 1 aromatic carbocycles. The van der Waals surface area contributed by atoms with Crippen LogP contribution in [0.25, 0.3) is 0 Å². The summed E-state index contributed by atoms with van der Waals surface area (Å²) in [4.78, 5) is 28.4. The third-order valence-corrected chi connectivity index (χ3v) is 5.13. The quantitative estimate of drug-likeness (QED) is 0.744. The predicted octanol–water partition coefficient (Wildman–Crippen LogP) is 1.69. The minimum absolute atomic E-state index is 0.0731. The number of rotatable bonds is 5. The number of hydrogen-bond acceptors (Lipinski definition) is 5. The van der Waals surface area contributed by atoms with E-state index in [0.717, 1.165) is 6.54 Å². The van der Waals surface area contributed by atoms with Crippen molar-refractivity contribution < 1.29 is 23.5 Å². The number of ether oxygens (including phenoxy) is 2. The zero-order valence-corrected chi connectivity index (χ0v) is 15.2. The van der Waals surface area contributed by atoms with E-state index in [9.17, 15) is 14.0 Å². The summed E-state index contributed by atoms with van der Waals surface area (Å²) in [5.41, 5.74) is -0.457. The van der Waals surface area contributed by atoms with Crippen LogP contribution >= 0.6 is 0 Å². The first-order valence-electron chi connectivity index (χ1n) is 8.90. The maximum atomic E-state index is 13.1. The van der Waals surface area contributed by atoms with E-state index in [4.69, 9.17) is 9.47 Å². The number of piperidine rings is 1. The molecule has 0 radical (unpaired) electrons. The standard InChI is InChI=1S/C19H25FN2O4/c1-21(2)12-16-11-19(18(24)26-16)6-8-22(9-7-19)17(23)13-25-15-5-3-4-14(20)10-15/h3-5,10,16H,6-9,11-13H2,1-2H3. The van der Waals surface area contributed by atoms with Gasteiger partial charge in [-0.2, -0.15) is 0 Å². The van der Waals surface area contributed by atoms with E-state index in [1.807, 2.05) is 19.0 Å². The third kappa shape index (κ3) is 4.15. The Morgan fingerprint density at radius 3 is 2.77 bits per heavy atom. The van der Waals surface area contributed by atoms with E-state index in [2.05, 4.69) is 0 Å². The summed E-state index contributed by atoms with van der Waals surface area (Å²) < 4.78 is 24.0. The second kappa shape index (κ2) is 7.61. The SMILES string of the molecule is CN(C)CC1CC2(CCN(C(=O)COc3cccc(F)c3)CC2)C(=O)O1. The predicted molar refractivity (Wildman–Crippen MR) is 93.2 cm³/mol. The average molecular weight is 364 g/mol. The van der Waals surface area contributed by atoms with E-state index in [1.54, 1.807) is 11.0 Å². The molecule has 2 saturated heterocycles. The molecule has 1 unspecified atom stereocenters. The molecule has 3 rings (SSSR count). The molecule has 26 heavy (non-hydrogen) atoms. The number of benzene rings is 1. The Kier molecular flexibility index (Phi) is 5.46. The van der Waals surface area contributed by atoms with Gasteiger partial charge in [0, 0.05) is 32.1 Å². The van der Waals surface area contributed by atoms with E-state index in [-0.39, 0.29) is 24.6 Å². The number of likely N-dealkylation sites (tertiary alicyclic amines) is 1. The maximum Gasteiger partial charge on any atom is 0.312 e. The monoisotopic (exact) mass is 364 g/mol. The van der Waals surface area contributed by atoms with Crippen LogP contribution in [0.5, 0.6) is 5.75 Å². The Hall–Kier alpha value is -2.15. The average Bonchev–Trinajstić information content (AvgIpc) is 2.87. The molecule has 7 heteroatoms. The molecule has 2 aliphatic rings. The smallest absolute Gasteiger partial charge is 0.312 e. The van der Waals surface area contributed by atoms with Gasteiger partial charge in [0.1, 0.15) is 17.7 Å². The van der Waals surface area contributed by atoms with Crippen molar-refractivity contribution in [2.75, 3.05) is 40.3 Å². The van der Waals surface area contributed by atoms with Crippen LogP contribution in [0.4, 0.5) is 4.39 Å². The minimum atomic E-state index is -0.457. The number of carbonyl (C=O) groups excluding carboxylic acids is 2. The summed E-state index contributed by atoms with van der Waals surface area (Å²) in [6, 6.07) is 5.72. The van der Waals surface area contributed by atoms with Crippen LogP contribution in [0.15, 0.2) is 24.3 Å². The van der Waals surface area contributed by atoms with Crippen molar-refractivity contribution in [3.8, 4) is 5.75 Å². The second-order valence-electron chi connectivity index (χ2n) is 7.40. The Bertz CT molecular complexity index is 671. The van der Waals surface area contributed by atoms with Gasteiger partial charge in [-0.05, 0) is 39.1 Å². The number of likely N-dealkylation sites (N-methyl/N-ethyl adjacent to an activating group) is 1. The van der Waals surface area contributed by atoms with Crippen LogP contribution in [-0.4, -0.2) is 68.1 Å². The van der Waals surface area contributed by atoms with Crippen LogP contribution in [0.2, 0.25) is 0 Å². The van der Waals surface area contributed by atoms with Gasteiger partial charge < -0.3 is 19.3 Å². The van der Waals surface area contributed by atoms with Gasteiger partial charge in [0.2, 0.25) is 0 Å². The summed E-state index contributed by atoms with van der Waals surface area (Å²) in [5, 5.41) is 0. The highest BCUT2D eigenvalue weighted by Crippen LogP contribution is 2.43. The Labute approximate surface area is 152 Å². The largest absolute Gasteiger partial charge is 0.484 e. The Morgan fingerprint density at radius 2 is 2.12 bits per heavy atom. The molecule has 2 heterocycles. The molecule has 2 fully saturated rings. The zero-order valence-electron chi connectivity index (χ0n) is 15.2. The fraction of sp³-hybridized carbons (Fsp3) is 0.579. The van der Waals surface area contributed by atoms with Crippen LogP contribution in [0, 0.1) is 11.2 Å². The maximum absolute atomic E-state index is 13.1. The highest BCUT2D eigenvalue weighted by molar-refractivity contribution is 5.81. The molecule has 0 saturated carbocycles. The lowest BCUT2D eigenvalue weighted by atomic mass is 9.76. The number of carbonyl (C=O) groups is 2. The topological polar surface area (TPSA) is 59.1 Å². The molecular formula is C19H25FN2O4. The van der Waals surface area contributed by atoms with Gasteiger partial charge in [0.15, 0.2) is 6.61 Å². The molecule has 1 spiro atoms. The Morgan fingerprint density at radius 1 is 1.38 bits per heavy atom. The van der Waals surface area contributed by atoms with Crippen molar-refractivity contribution in [2.45, 2.75) is 25.4 Å². The molecule has 0 N–H and O–H groups in total. The summed E-state index contributed by atoms with van der Waals surface area (Å²) in [7, 11) is 3.91. The van der Waals surface area contributed by atoms with Crippen molar-refractivity contribution in [1.29, 1.82) is 0 Å². The fourth-order valence-electron chi connectivity index (χ4n) is 3.73. The molecule has 2 aliphatic heterocycles.